The maximum Gasteiger partial charge on any atom is 0.224 e. The molecule has 2 aromatic rings. The number of hydrogen-bond donors (Lipinski definition) is 0. The predicted octanol–water partition coefficient (Wildman–Crippen LogP) is 2.01. The van der Waals surface area contributed by atoms with Crippen molar-refractivity contribution in [3.8, 4) is 22.5 Å². The van der Waals surface area contributed by atoms with Crippen molar-refractivity contribution < 1.29 is 9.47 Å². The SMILES string of the molecule is CCOc1csc(-c2cc(OC)ncn2)n1. The highest BCUT2D eigenvalue weighted by Crippen LogP contribution is 2.26. The predicted molar refractivity (Wildman–Crippen MR) is 60.9 cm³/mol. The van der Waals surface area contributed by atoms with Crippen molar-refractivity contribution in [2.45, 2.75) is 6.92 Å². The summed E-state index contributed by atoms with van der Waals surface area (Å²) in [4.78, 5) is 12.4. The Hall–Kier alpha value is -1.69. The molecule has 0 bridgehead atoms. The molecule has 0 atom stereocenters. The molecule has 0 amide bonds. The van der Waals surface area contributed by atoms with Crippen LogP contribution >= 0.6 is 11.3 Å². The lowest BCUT2D eigenvalue weighted by Crippen LogP contribution is -1.92. The maximum atomic E-state index is 5.29. The van der Waals surface area contributed by atoms with Crippen molar-refractivity contribution in [1.82, 2.24) is 15.0 Å². The molecule has 0 spiro atoms. The quantitative estimate of drug-likeness (QED) is 0.814. The van der Waals surface area contributed by atoms with Crippen molar-refractivity contribution in [3.05, 3.63) is 17.8 Å². The molecule has 0 saturated heterocycles. The molecule has 0 aliphatic heterocycles. The van der Waals surface area contributed by atoms with E-state index in [0.29, 0.717) is 18.4 Å². The van der Waals surface area contributed by atoms with E-state index in [1.54, 1.807) is 13.2 Å². The van der Waals surface area contributed by atoms with Crippen LogP contribution in [0, 0.1) is 0 Å². The number of hydrogen-bond acceptors (Lipinski definition) is 6. The van der Waals surface area contributed by atoms with E-state index in [-0.39, 0.29) is 0 Å². The van der Waals surface area contributed by atoms with Gasteiger partial charge in [0.25, 0.3) is 0 Å². The zero-order valence-corrected chi connectivity index (χ0v) is 9.82. The fourth-order valence-electron chi connectivity index (χ4n) is 1.16. The summed E-state index contributed by atoms with van der Waals surface area (Å²) >= 11 is 1.48. The zero-order valence-electron chi connectivity index (χ0n) is 9.01. The highest BCUT2D eigenvalue weighted by atomic mass is 32.1. The van der Waals surface area contributed by atoms with E-state index >= 15 is 0 Å². The number of ether oxygens (including phenoxy) is 2. The van der Waals surface area contributed by atoms with Crippen LogP contribution in [-0.4, -0.2) is 28.7 Å². The van der Waals surface area contributed by atoms with E-state index in [0.717, 1.165) is 10.7 Å². The van der Waals surface area contributed by atoms with Gasteiger partial charge in [0, 0.05) is 6.07 Å². The third-order valence-electron chi connectivity index (χ3n) is 1.85. The molecule has 6 heteroatoms. The first kappa shape index (κ1) is 10.8. The zero-order chi connectivity index (χ0) is 11.4. The Morgan fingerprint density at radius 3 is 2.94 bits per heavy atom. The second-order valence-corrected chi connectivity index (χ2v) is 3.73. The van der Waals surface area contributed by atoms with Gasteiger partial charge in [-0.05, 0) is 6.92 Å². The van der Waals surface area contributed by atoms with Crippen molar-refractivity contribution in [2.75, 3.05) is 13.7 Å². The summed E-state index contributed by atoms with van der Waals surface area (Å²) in [6, 6.07) is 1.74. The molecule has 2 heterocycles. The number of aromatic nitrogens is 3. The van der Waals surface area contributed by atoms with Crippen LogP contribution in [0.3, 0.4) is 0 Å². The molecule has 2 rings (SSSR count). The Bertz CT molecular complexity index is 473. The van der Waals surface area contributed by atoms with Gasteiger partial charge in [0.2, 0.25) is 11.8 Å². The average molecular weight is 237 g/mol. The first-order chi connectivity index (χ1) is 7.83. The molecule has 16 heavy (non-hydrogen) atoms. The summed E-state index contributed by atoms with van der Waals surface area (Å²) in [6.07, 6.45) is 1.45. The van der Waals surface area contributed by atoms with Crippen LogP contribution in [0.5, 0.6) is 11.8 Å². The summed E-state index contributed by atoms with van der Waals surface area (Å²) in [7, 11) is 1.57. The highest BCUT2D eigenvalue weighted by molar-refractivity contribution is 7.13. The largest absolute Gasteiger partial charge is 0.481 e. The summed E-state index contributed by atoms with van der Waals surface area (Å²) in [5.41, 5.74) is 0.739. The Balaban J connectivity index is 2.27. The summed E-state index contributed by atoms with van der Waals surface area (Å²) < 4.78 is 10.3. The van der Waals surface area contributed by atoms with Crippen LogP contribution in [0.4, 0.5) is 0 Å². The van der Waals surface area contributed by atoms with Crippen molar-refractivity contribution in [2.24, 2.45) is 0 Å². The lowest BCUT2D eigenvalue weighted by Gasteiger charge is -1.99. The van der Waals surface area contributed by atoms with Crippen molar-refractivity contribution in [3.63, 3.8) is 0 Å². The van der Waals surface area contributed by atoms with Gasteiger partial charge >= 0.3 is 0 Å². The summed E-state index contributed by atoms with van der Waals surface area (Å²) in [5, 5.41) is 2.65. The second kappa shape index (κ2) is 4.89. The van der Waals surface area contributed by atoms with E-state index in [1.165, 1.54) is 17.7 Å². The second-order valence-electron chi connectivity index (χ2n) is 2.87. The number of nitrogens with zero attached hydrogens (tertiary/aromatic N) is 3. The van der Waals surface area contributed by atoms with E-state index in [1.807, 2.05) is 12.3 Å². The molecule has 0 fully saturated rings. The standard InChI is InChI=1S/C10H11N3O2S/c1-3-15-9-5-16-10(13-9)7-4-8(14-2)12-6-11-7/h4-6H,3H2,1-2H3. The van der Waals surface area contributed by atoms with E-state index in [9.17, 15) is 0 Å². The molecule has 0 saturated carbocycles. The van der Waals surface area contributed by atoms with Gasteiger partial charge in [-0.15, -0.1) is 11.3 Å². The molecule has 0 N–H and O–H groups in total. The molecule has 0 aliphatic rings. The minimum absolute atomic E-state index is 0.526. The minimum atomic E-state index is 0.526. The van der Waals surface area contributed by atoms with Crippen molar-refractivity contribution >= 4 is 11.3 Å². The molecule has 84 valence electrons. The molecule has 5 nitrogen and oxygen atoms in total. The van der Waals surface area contributed by atoms with E-state index in [2.05, 4.69) is 15.0 Å². The van der Waals surface area contributed by atoms with Gasteiger partial charge in [0.15, 0.2) is 0 Å². The lowest BCUT2D eigenvalue weighted by atomic mass is 10.4. The Morgan fingerprint density at radius 1 is 1.31 bits per heavy atom. The van der Waals surface area contributed by atoms with Gasteiger partial charge in [-0.2, -0.15) is 0 Å². The topological polar surface area (TPSA) is 57.1 Å². The van der Waals surface area contributed by atoms with Crippen LogP contribution in [0.25, 0.3) is 10.7 Å². The van der Waals surface area contributed by atoms with Crippen LogP contribution < -0.4 is 9.47 Å². The molecule has 2 aromatic heterocycles. The van der Waals surface area contributed by atoms with Gasteiger partial charge < -0.3 is 9.47 Å². The Labute approximate surface area is 97.1 Å². The molecular weight excluding hydrogens is 226 g/mol. The van der Waals surface area contributed by atoms with Gasteiger partial charge in [0.05, 0.1) is 19.1 Å². The molecular formula is C10H11N3O2S. The van der Waals surface area contributed by atoms with Crippen LogP contribution in [0.2, 0.25) is 0 Å². The first-order valence-corrected chi connectivity index (χ1v) is 5.66. The lowest BCUT2D eigenvalue weighted by molar-refractivity contribution is 0.329. The van der Waals surface area contributed by atoms with E-state index < -0.39 is 0 Å². The van der Waals surface area contributed by atoms with Crippen LogP contribution in [0.1, 0.15) is 6.92 Å². The maximum absolute atomic E-state index is 5.29. The fraction of sp³-hybridized carbons (Fsp3) is 0.300. The van der Waals surface area contributed by atoms with Gasteiger partial charge in [0.1, 0.15) is 17.0 Å². The molecule has 0 aromatic carbocycles. The number of thiazole rings is 1. The average Bonchev–Trinajstić information content (AvgIpc) is 2.78. The molecule has 0 radical (unpaired) electrons. The summed E-state index contributed by atoms with van der Waals surface area (Å²) in [5.74, 6) is 1.15. The normalized spacial score (nSPS) is 10.1. The van der Waals surface area contributed by atoms with Gasteiger partial charge in [-0.25, -0.2) is 15.0 Å². The first-order valence-electron chi connectivity index (χ1n) is 4.78. The minimum Gasteiger partial charge on any atom is -0.481 e. The number of rotatable bonds is 4. The Morgan fingerprint density at radius 2 is 2.19 bits per heavy atom. The fourth-order valence-corrected chi connectivity index (χ4v) is 1.87. The smallest absolute Gasteiger partial charge is 0.224 e. The summed E-state index contributed by atoms with van der Waals surface area (Å²) in [6.45, 7) is 2.53. The van der Waals surface area contributed by atoms with Gasteiger partial charge in [-0.3, -0.25) is 0 Å². The van der Waals surface area contributed by atoms with Crippen LogP contribution in [0.15, 0.2) is 17.8 Å². The highest BCUT2D eigenvalue weighted by Gasteiger charge is 2.07. The van der Waals surface area contributed by atoms with E-state index in [4.69, 9.17) is 9.47 Å². The number of methoxy groups -OCH3 is 1. The van der Waals surface area contributed by atoms with Gasteiger partial charge in [-0.1, -0.05) is 0 Å². The van der Waals surface area contributed by atoms with Crippen LogP contribution in [-0.2, 0) is 0 Å². The third kappa shape index (κ3) is 2.27. The molecule has 0 unspecified atom stereocenters. The monoisotopic (exact) mass is 237 g/mol. The third-order valence-corrected chi connectivity index (χ3v) is 2.69. The van der Waals surface area contributed by atoms with Crippen molar-refractivity contribution in [1.29, 1.82) is 0 Å². The Kier molecular flexibility index (Phi) is 3.31. The molecule has 0 aliphatic carbocycles.